The highest BCUT2D eigenvalue weighted by molar-refractivity contribution is 7.90. The van der Waals surface area contributed by atoms with E-state index in [1.807, 2.05) is 19.0 Å². The number of rotatable bonds is 8. The summed E-state index contributed by atoms with van der Waals surface area (Å²) in [6, 6.07) is 9.07. The molecule has 1 aromatic carbocycles. The number of halogens is 4. The summed E-state index contributed by atoms with van der Waals surface area (Å²) in [6.07, 6.45) is 3.84. The molecule has 0 aliphatic carbocycles. The predicted molar refractivity (Wildman–Crippen MR) is 151 cm³/mol. The summed E-state index contributed by atoms with van der Waals surface area (Å²) in [7, 11) is 0.179. The third kappa shape index (κ3) is 7.12. The van der Waals surface area contributed by atoms with Crippen molar-refractivity contribution in [3.8, 4) is 22.9 Å². The summed E-state index contributed by atoms with van der Waals surface area (Å²) in [4.78, 5) is 15.0. The Morgan fingerprint density at radius 3 is 2.45 bits per heavy atom. The lowest BCUT2D eigenvalue weighted by Gasteiger charge is -2.15. The fourth-order valence-corrected chi connectivity index (χ4v) is 4.31. The Morgan fingerprint density at radius 2 is 1.84 bits per heavy atom. The molecule has 0 aliphatic heterocycles. The molecular formula is C24H25Cl3FN5O4S. The number of aromatic nitrogens is 3. The van der Waals surface area contributed by atoms with E-state index in [0.717, 1.165) is 18.9 Å². The van der Waals surface area contributed by atoms with Crippen molar-refractivity contribution >= 4 is 68.7 Å². The summed E-state index contributed by atoms with van der Waals surface area (Å²) < 4.78 is 44.8. The molecule has 3 heterocycles. The fourth-order valence-electron chi connectivity index (χ4n) is 3.34. The first-order valence-corrected chi connectivity index (χ1v) is 13.0. The molecule has 0 spiro atoms. The lowest BCUT2D eigenvalue weighted by atomic mass is 10.1. The van der Waals surface area contributed by atoms with Crippen molar-refractivity contribution in [3.63, 3.8) is 0 Å². The van der Waals surface area contributed by atoms with E-state index in [2.05, 4.69) is 20.3 Å². The second kappa shape index (κ2) is 12.7. The largest absolute Gasteiger partial charge is 0.504 e. The molecule has 0 aliphatic rings. The molecule has 0 atom stereocenters. The number of hydrogen-bond acceptors (Lipinski definition) is 9. The number of likely N-dealkylation sites (N-methyl/N-ethyl adjacent to an activating group) is 1. The van der Waals surface area contributed by atoms with E-state index in [1.54, 1.807) is 24.3 Å². The van der Waals surface area contributed by atoms with E-state index in [0.29, 0.717) is 34.9 Å². The Balaban J connectivity index is 0.00000253. The molecule has 14 heteroatoms. The quantitative estimate of drug-likeness (QED) is 0.283. The number of nitrogens with zero attached hydrogens (tertiary/aromatic N) is 4. The van der Waals surface area contributed by atoms with Crippen molar-refractivity contribution < 1.29 is 22.7 Å². The number of benzene rings is 1. The maximum Gasteiger partial charge on any atom is 0.213 e. The minimum Gasteiger partial charge on any atom is -0.504 e. The van der Waals surface area contributed by atoms with E-state index >= 15 is 0 Å². The summed E-state index contributed by atoms with van der Waals surface area (Å²) in [5.41, 5.74) is 1.95. The molecule has 2 N–H and O–H groups in total. The first-order chi connectivity index (χ1) is 17.0. The van der Waals surface area contributed by atoms with Gasteiger partial charge in [0, 0.05) is 30.6 Å². The summed E-state index contributed by atoms with van der Waals surface area (Å²) in [5, 5.41) is 12.6. The maximum atomic E-state index is 14.1. The Bertz CT molecular complexity index is 1520. The topological polar surface area (TPSA) is 118 Å². The number of hydrogen-bond donors (Lipinski definition) is 2. The molecule has 0 bridgehead atoms. The van der Waals surface area contributed by atoms with Crippen LogP contribution in [0.25, 0.3) is 22.3 Å². The van der Waals surface area contributed by atoms with E-state index in [4.69, 9.17) is 16.3 Å². The van der Waals surface area contributed by atoms with Gasteiger partial charge in [-0.1, -0.05) is 11.6 Å². The number of ether oxygens (including phenoxy) is 1. The minimum atomic E-state index is -3.70. The average Bonchev–Trinajstić information content (AvgIpc) is 2.82. The molecule has 4 aromatic rings. The number of phenolic OH excluding ortho intramolecular Hbond substituents is 1. The van der Waals surface area contributed by atoms with Crippen LogP contribution < -0.4 is 10.1 Å². The van der Waals surface area contributed by atoms with Crippen LogP contribution in [0.5, 0.6) is 11.6 Å². The van der Waals surface area contributed by atoms with Crippen LogP contribution in [0.2, 0.25) is 5.02 Å². The van der Waals surface area contributed by atoms with Gasteiger partial charge >= 0.3 is 0 Å². The van der Waals surface area contributed by atoms with Crippen molar-refractivity contribution in [2.75, 3.05) is 38.8 Å². The van der Waals surface area contributed by atoms with Crippen LogP contribution in [0, 0.1) is 5.82 Å². The van der Waals surface area contributed by atoms with E-state index in [1.165, 1.54) is 18.5 Å². The average molecular weight is 605 g/mol. The van der Waals surface area contributed by atoms with Gasteiger partial charge in [-0.15, -0.1) is 24.8 Å². The first kappa shape index (κ1) is 31.3. The number of pyridine rings is 3. The van der Waals surface area contributed by atoms with Gasteiger partial charge in [0.05, 0.1) is 33.8 Å². The number of aromatic hydroxyl groups is 1. The fraction of sp³-hybridized carbons (Fsp3) is 0.208. The lowest BCUT2D eigenvalue weighted by Crippen LogP contribution is -2.19. The number of fused-ring (bicyclic) bond motifs is 1. The van der Waals surface area contributed by atoms with Crippen LogP contribution in [-0.2, 0) is 9.84 Å². The number of anilines is 2. The molecule has 38 heavy (non-hydrogen) atoms. The molecule has 0 unspecified atom stereocenters. The Hall–Kier alpha value is -2.96. The van der Waals surface area contributed by atoms with Gasteiger partial charge in [0.15, 0.2) is 21.4 Å². The van der Waals surface area contributed by atoms with Crippen molar-refractivity contribution in [3.05, 3.63) is 59.6 Å². The third-order valence-corrected chi connectivity index (χ3v) is 6.58. The Labute approximate surface area is 236 Å². The monoisotopic (exact) mass is 603 g/mol. The van der Waals surface area contributed by atoms with Crippen LogP contribution in [0.15, 0.2) is 53.7 Å². The summed E-state index contributed by atoms with van der Waals surface area (Å²) in [6.45, 7) is 1.20. The zero-order valence-electron chi connectivity index (χ0n) is 20.5. The van der Waals surface area contributed by atoms with Crippen LogP contribution in [0.4, 0.5) is 15.8 Å². The smallest absolute Gasteiger partial charge is 0.213 e. The highest BCUT2D eigenvalue weighted by Gasteiger charge is 2.20. The van der Waals surface area contributed by atoms with Gasteiger partial charge in [0.1, 0.15) is 17.0 Å². The van der Waals surface area contributed by atoms with Gasteiger partial charge in [-0.25, -0.2) is 22.8 Å². The van der Waals surface area contributed by atoms with Crippen molar-refractivity contribution in [2.45, 2.75) is 4.90 Å². The molecule has 204 valence electrons. The van der Waals surface area contributed by atoms with Crippen molar-refractivity contribution in [1.29, 1.82) is 0 Å². The molecule has 9 nitrogen and oxygen atoms in total. The van der Waals surface area contributed by atoms with Crippen LogP contribution in [-0.4, -0.2) is 66.9 Å². The normalized spacial score (nSPS) is 11.1. The number of sulfone groups is 1. The van der Waals surface area contributed by atoms with E-state index in [9.17, 15) is 17.9 Å². The van der Waals surface area contributed by atoms with Crippen molar-refractivity contribution in [1.82, 2.24) is 19.9 Å². The summed E-state index contributed by atoms with van der Waals surface area (Å²) in [5.74, 6) is -1.14. The summed E-state index contributed by atoms with van der Waals surface area (Å²) >= 11 is 5.93. The molecule has 0 saturated carbocycles. The van der Waals surface area contributed by atoms with Crippen LogP contribution in [0.1, 0.15) is 0 Å². The van der Waals surface area contributed by atoms with Gasteiger partial charge in [-0.3, -0.25) is 4.98 Å². The van der Waals surface area contributed by atoms with Gasteiger partial charge < -0.3 is 20.1 Å². The van der Waals surface area contributed by atoms with Crippen LogP contribution >= 0.6 is 36.4 Å². The second-order valence-corrected chi connectivity index (χ2v) is 10.7. The van der Waals surface area contributed by atoms with Gasteiger partial charge in [0.25, 0.3) is 0 Å². The lowest BCUT2D eigenvalue weighted by molar-refractivity contribution is 0.254. The standard InChI is InChI=1S/C24H23ClFN5O4S.2ClH/c1-31(2)8-9-35-21-7-4-15(12-28-21)29-23-20(36(3,33)34)13-27-19-6-5-18(30-22(19)23)14-10-16(25)24(32)17(26)11-14;;/h4-7,10-13,32H,8-9H2,1-3H3,(H,27,29);2*1H. The SMILES string of the molecule is CN(C)CCOc1ccc(Nc2c(S(C)(=O)=O)cnc3ccc(-c4cc(F)c(O)c(Cl)c4)nc23)cn1.Cl.Cl. The highest BCUT2D eigenvalue weighted by Crippen LogP contribution is 2.35. The molecule has 3 aromatic heterocycles. The zero-order valence-corrected chi connectivity index (χ0v) is 23.7. The molecule has 0 amide bonds. The number of nitrogens with one attached hydrogen (secondary N) is 1. The Morgan fingerprint density at radius 1 is 1.11 bits per heavy atom. The molecule has 0 radical (unpaired) electrons. The highest BCUT2D eigenvalue weighted by atomic mass is 35.5. The first-order valence-electron chi connectivity index (χ1n) is 10.7. The third-order valence-electron chi connectivity index (χ3n) is 5.18. The second-order valence-electron chi connectivity index (χ2n) is 8.28. The van der Waals surface area contributed by atoms with E-state index < -0.39 is 21.4 Å². The van der Waals surface area contributed by atoms with Gasteiger partial charge in [-0.05, 0) is 44.4 Å². The van der Waals surface area contributed by atoms with Crippen molar-refractivity contribution in [2.24, 2.45) is 0 Å². The number of phenols is 1. The maximum absolute atomic E-state index is 14.1. The minimum absolute atomic E-state index is 0. The van der Waals surface area contributed by atoms with Crippen LogP contribution in [0.3, 0.4) is 0 Å². The predicted octanol–water partition coefficient (Wildman–Crippen LogP) is 5.12. The van der Waals surface area contributed by atoms with E-state index in [-0.39, 0.29) is 45.9 Å². The molecule has 4 rings (SSSR count). The molecular weight excluding hydrogens is 580 g/mol. The van der Waals surface area contributed by atoms with Gasteiger partial charge in [0.2, 0.25) is 5.88 Å². The molecule has 0 saturated heterocycles. The van der Waals surface area contributed by atoms with Gasteiger partial charge in [-0.2, -0.15) is 0 Å². The zero-order chi connectivity index (χ0) is 26.0. The molecule has 0 fully saturated rings. The Kier molecular flexibility index (Phi) is 10.5.